The Hall–Kier alpha value is -5.98. The van der Waals surface area contributed by atoms with E-state index in [4.69, 9.17) is 0 Å². The van der Waals surface area contributed by atoms with Crippen LogP contribution in [0.2, 0.25) is 0 Å². The van der Waals surface area contributed by atoms with Gasteiger partial charge in [-0.05, 0) is 98.7 Å². The topological polar surface area (TPSA) is 0 Å². The molecule has 0 aromatic heterocycles. The quantitative estimate of drug-likeness (QED) is 0.114. The fourth-order valence-electron chi connectivity index (χ4n) is 6.15. The van der Waals surface area contributed by atoms with Crippen molar-refractivity contribution in [3.8, 4) is 11.1 Å². The molecule has 1 unspecified atom stereocenters. The lowest BCUT2D eigenvalue weighted by molar-refractivity contribution is 0.504. The van der Waals surface area contributed by atoms with Gasteiger partial charge in [0, 0.05) is 0 Å². The second kappa shape index (κ2) is 27.8. The minimum atomic E-state index is 0.205. The highest BCUT2D eigenvalue weighted by Crippen LogP contribution is 2.27. The molecular formula is C62H76. The van der Waals surface area contributed by atoms with Gasteiger partial charge in [-0.1, -0.05) is 282 Å². The molecule has 0 amide bonds. The summed E-state index contributed by atoms with van der Waals surface area (Å²) >= 11 is 0. The van der Waals surface area contributed by atoms with Gasteiger partial charge < -0.3 is 0 Å². The molecule has 324 valence electrons. The molecule has 6 aromatic carbocycles. The summed E-state index contributed by atoms with van der Waals surface area (Å²) in [6, 6.07) is 53.8. The molecule has 0 heterocycles. The molecule has 6 rings (SSSR count). The van der Waals surface area contributed by atoms with Crippen LogP contribution in [0.5, 0.6) is 0 Å². The summed E-state index contributed by atoms with van der Waals surface area (Å²) in [7, 11) is 0. The normalized spacial score (nSPS) is 11.3. The van der Waals surface area contributed by atoms with E-state index in [2.05, 4.69) is 215 Å². The van der Waals surface area contributed by atoms with E-state index in [9.17, 15) is 0 Å². The Morgan fingerprint density at radius 3 is 1.39 bits per heavy atom. The van der Waals surface area contributed by atoms with Gasteiger partial charge in [0.15, 0.2) is 0 Å². The van der Waals surface area contributed by atoms with E-state index < -0.39 is 0 Å². The van der Waals surface area contributed by atoms with Crippen LogP contribution in [0.25, 0.3) is 28.3 Å². The Balaban J connectivity index is 0.000000340. The molecule has 62 heavy (non-hydrogen) atoms. The second-order valence-electron chi connectivity index (χ2n) is 16.5. The standard InChI is InChI=1S/C26H28.C24H28.C8H8.2C2H6/c1-19-6-12-23(13-7-19)20(2)24-14-8-21(9-15-24)18-22-10-16-25(17-11-22)26(3,4)5;1-6-7-21(13-10-20(5)18(2)3)23-14-16-24(17-15-23)22-11-8-19(4)9-12-22;1-2-8-6-4-3-5-7-8;2*1-2/h6-17H,2,18H2,1,3-5H3;6-18,20H,1H2,2-5H3;2-7H,1H2;2*1-2H3/b;13-10-,21-7+;;;. The van der Waals surface area contributed by atoms with E-state index in [0.717, 1.165) is 12.0 Å². The lowest BCUT2D eigenvalue weighted by Crippen LogP contribution is -2.10. The Morgan fingerprint density at radius 2 is 0.968 bits per heavy atom. The summed E-state index contributed by atoms with van der Waals surface area (Å²) < 4.78 is 0. The Kier molecular flexibility index (Phi) is 23.4. The van der Waals surface area contributed by atoms with Crippen LogP contribution in [0.4, 0.5) is 0 Å². The van der Waals surface area contributed by atoms with Crippen molar-refractivity contribution in [1.82, 2.24) is 0 Å². The van der Waals surface area contributed by atoms with Crippen molar-refractivity contribution in [2.45, 2.75) is 94.9 Å². The molecule has 0 spiro atoms. The van der Waals surface area contributed by atoms with Gasteiger partial charge in [-0.2, -0.15) is 0 Å². The third-order valence-corrected chi connectivity index (χ3v) is 10.5. The predicted molar refractivity (Wildman–Crippen MR) is 281 cm³/mol. The molecule has 6 aromatic rings. The summed E-state index contributed by atoms with van der Waals surface area (Å²) in [5.74, 6) is 1.21. The third kappa shape index (κ3) is 17.9. The number of hydrogen-bond donors (Lipinski definition) is 0. The first-order chi connectivity index (χ1) is 29.8. The predicted octanol–water partition coefficient (Wildman–Crippen LogP) is 18.4. The highest BCUT2D eigenvalue weighted by atomic mass is 14.2. The molecule has 0 aliphatic heterocycles. The molecule has 0 fully saturated rings. The van der Waals surface area contributed by atoms with Gasteiger partial charge in [0.05, 0.1) is 0 Å². The molecule has 0 N–H and O–H groups in total. The molecule has 0 nitrogen and oxygen atoms in total. The van der Waals surface area contributed by atoms with Crippen LogP contribution in [0.1, 0.15) is 119 Å². The average Bonchev–Trinajstić information content (AvgIpc) is 3.30. The number of benzene rings is 6. The van der Waals surface area contributed by atoms with Gasteiger partial charge in [0.1, 0.15) is 0 Å². The van der Waals surface area contributed by atoms with Crippen LogP contribution in [0, 0.1) is 25.7 Å². The SMILES string of the molecule is C=C(c1ccc(C)cc1)c1ccc(Cc2ccc(C(C)(C)C)cc2)cc1.C=C/C=C(\C=C/C(C)C(C)C)c1ccc(-c2ccc(C)cc2)cc1.C=Cc1ccccc1.CC.CC. The van der Waals surface area contributed by atoms with Gasteiger partial charge >= 0.3 is 0 Å². The highest BCUT2D eigenvalue weighted by molar-refractivity contribution is 5.78. The van der Waals surface area contributed by atoms with Crippen LogP contribution in [0.15, 0.2) is 196 Å². The summed E-state index contributed by atoms with van der Waals surface area (Å²) in [5.41, 5.74) is 16.4. The third-order valence-electron chi connectivity index (χ3n) is 10.5. The van der Waals surface area contributed by atoms with Crippen LogP contribution in [-0.4, -0.2) is 0 Å². The molecule has 0 saturated carbocycles. The fourth-order valence-corrected chi connectivity index (χ4v) is 6.15. The summed E-state index contributed by atoms with van der Waals surface area (Å²) in [6.45, 7) is 37.5. The van der Waals surface area contributed by atoms with Crippen molar-refractivity contribution in [3.63, 3.8) is 0 Å². The molecule has 0 bridgehead atoms. The first-order valence-electron chi connectivity index (χ1n) is 22.6. The molecule has 0 radical (unpaired) electrons. The number of aryl methyl sites for hydroxylation is 2. The Labute approximate surface area is 379 Å². The van der Waals surface area contributed by atoms with E-state index in [1.807, 2.05) is 70.2 Å². The molecule has 0 saturated heterocycles. The maximum absolute atomic E-state index is 4.27. The van der Waals surface area contributed by atoms with Crippen LogP contribution in [0.3, 0.4) is 0 Å². The largest absolute Gasteiger partial charge is 0.0990 e. The van der Waals surface area contributed by atoms with Gasteiger partial charge in [0.2, 0.25) is 0 Å². The first kappa shape index (κ1) is 52.2. The molecule has 0 heteroatoms. The minimum Gasteiger partial charge on any atom is -0.0990 e. The lowest BCUT2D eigenvalue weighted by Gasteiger charge is -2.19. The minimum absolute atomic E-state index is 0.205. The molecular weight excluding hydrogens is 745 g/mol. The summed E-state index contributed by atoms with van der Waals surface area (Å²) in [6.07, 6.45) is 11.2. The molecule has 0 aliphatic carbocycles. The van der Waals surface area contributed by atoms with Crippen molar-refractivity contribution >= 4 is 17.2 Å². The van der Waals surface area contributed by atoms with Gasteiger partial charge in [-0.25, -0.2) is 0 Å². The fraction of sp³-hybridized carbons (Fsp3) is 0.258. The zero-order valence-electron chi connectivity index (χ0n) is 40.3. The van der Waals surface area contributed by atoms with Crippen molar-refractivity contribution in [2.24, 2.45) is 11.8 Å². The van der Waals surface area contributed by atoms with E-state index >= 15 is 0 Å². The number of allylic oxidation sites excluding steroid dienone is 5. The van der Waals surface area contributed by atoms with Crippen LogP contribution < -0.4 is 0 Å². The number of hydrogen-bond acceptors (Lipinski definition) is 0. The number of rotatable bonds is 11. The van der Waals surface area contributed by atoms with Gasteiger partial charge in [-0.15, -0.1) is 0 Å². The zero-order valence-corrected chi connectivity index (χ0v) is 40.3. The van der Waals surface area contributed by atoms with Crippen molar-refractivity contribution in [3.05, 3.63) is 246 Å². The maximum Gasteiger partial charge on any atom is -0.00258 e. The monoisotopic (exact) mass is 821 g/mol. The van der Waals surface area contributed by atoms with E-state index in [1.165, 1.54) is 66.8 Å². The van der Waals surface area contributed by atoms with Crippen LogP contribution >= 0.6 is 0 Å². The van der Waals surface area contributed by atoms with Crippen molar-refractivity contribution in [1.29, 1.82) is 0 Å². The Morgan fingerprint density at radius 1 is 0.548 bits per heavy atom. The van der Waals surface area contributed by atoms with Gasteiger partial charge in [0.25, 0.3) is 0 Å². The van der Waals surface area contributed by atoms with E-state index in [0.29, 0.717) is 11.8 Å². The zero-order chi connectivity index (χ0) is 46.1. The summed E-state index contributed by atoms with van der Waals surface area (Å²) in [5, 5.41) is 0. The smallest absolute Gasteiger partial charge is 0.00258 e. The molecule has 1 atom stereocenters. The second-order valence-corrected chi connectivity index (χ2v) is 16.5. The molecule has 0 aliphatic rings. The first-order valence-corrected chi connectivity index (χ1v) is 22.6. The Bertz CT molecular complexity index is 2210. The van der Waals surface area contributed by atoms with Crippen molar-refractivity contribution in [2.75, 3.05) is 0 Å². The lowest BCUT2D eigenvalue weighted by atomic mass is 9.86. The van der Waals surface area contributed by atoms with Crippen LogP contribution in [-0.2, 0) is 11.8 Å². The van der Waals surface area contributed by atoms with E-state index in [-0.39, 0.29) is 5.41 Å². The van der Waals surface area contributed by atoms with Gasteiger partial charge in [-0.3, -0.25) is 0 Å². The highest BCUT2D eigenvalue weighted by Gasteiger charge is 2.13. The summed E-state index contributed by atoms with van der Waals surface area (Å²) in [4.78, 5) is 0. The van der Waals surface area contributed by atoms with E-state index in [1.54, 1.807) is 0 Å². The maximum atomic E-state index is 4.27. The van der Waals surface area contributed by atoms with Crippen molar-refractivity contribution < 1.29 is 0 Å². The average molecular weight is 821 g/mol.